The van der Waals surface area contributed by atoms with Gasteiger partial charge >= 0.3 is 0 Å². The molecule has 2 aromatic rings. The molecule has 2 aromatic heterocycles. The average molecular weight is 331 g/mol. The van der Waals surface area contributed by atoms with Gasteiger partial charge < -0.3 is 9.09 Å². The first-order valence-electron chi connectivity index (χ1n) is 6.69. The van der Waals surface area contributed by atoms with Gasteiger partial charge in [-0.1, -0.05) is 19.0 Å². The average Bonchev–Trinajstić information content (AvgIpc) is 2.96. The van der Waals surface area contributed by atoms with Crippen LogP contribution < -0.4 is 0 Å². The van der Waals surface area contributed by atoms with Crippen LogP contribution in [0.15, 0.2) is 15.7 Å². The van der Waals surface area contributed by atoms with Crippen molar-refractivity contribution in [3.63, 3.8) is 0 Å². The van der Waals surface area contributed by atoms with Gasteiger partial charge in [0.05, 0.1) is 0 Å². The van der Waals surface area contributed by atoms with E-state index in [1.165, 1.54) is 6.20 Å². The third kappa shape index (κ3) is 3.11. The van der Waals surface area contributed by atoms with Crippen LogP contribution in [0.1, 0.15) is 56.1 Å². The molecule has 0 amide bonds. The Morgan fingerprint density at radius 1 is 1.43 bits per heavy atom. The quantitative estimate of drug-likeness (QED) is 0.781. The number of halogens is 1. The molecule has 3 rings (SSSR count). The minimum absolute atomic E-state index is 0.0444. The Morgan fingerprint density at radius 3 is 2.71 bits per heavy atom. The Labute approximate surface area is 126 Å². The highest BCUT2D eigenvalue weighted by atomic mass is 35.7. The molecule has 1 aliphatic carbocycles. The van der Waals surface area contributed by atoms with E-state index in [-0.39, 0.29) is 17.5 Å². The second kappa shape index (κ2) is 5.10. The maximum Gasteiger partial charge on any atom is 0.280 e. The molecule has 1 aliphatic rings. The SMILES string of the molecule is CC(C)c1nc(S(=O)(=O)Cl)cn1Cc1nc(C2CC2)no1. The smallest absolute Gasteiger partial charge is 0.280 e. The van der Waals surface area contributed by atoms with Crippen molar-refractivity contribution in [1.82, 2.24) is 19.7 Å². The van der Waals surface area contributed by atoms with Crippen molar-refractivity contribution in [2.45, 2.75) is 50.1 Å². The lowest BCUT2D eigenvalue weighted by Crippen LogP contribution is -2.06. The number of rotatable bonds is 5. The van der Waals surface area contributed by atoms with E-state index in [4.69, 9.17) is 15.2 Å². The number of imidazole rings is 1. The third-order valence-corrected chi connectivity index (χ3v) is 4.45. The summed E-state index contributed by atoms with van der Waals surface area (Å²) < 4.78 is 29.7. The third-order valence-electron chi connectivity index (χ3n) is 3.28. The van der Waals surface area contributed by atoms with Gasteiger partial charge in [0.1, 0.15) is 12.4 Å². The van der Waals surface area contributed by atoms with Gasteiger partial charge in [0, 0.05) is 28.7 Å². The molecule has 9 heteroatoms. The molecule has 0 saturated heterocycles. The van der Waals surface area contributed by atoms with Crippen molar-refractivity contribution in [2.75, 3.05) is 0 Å². The first-order valence-corrected chi connectivity index (χ1v) is 8.99. The summed E-state index contributed by atoms with van der Waals surface area (Å²) in [5, 5.41) is 3.78. The first-order chi connectivity index (χ1) is 9.84. The molecule has 0 aliphatic heterocycles. The zero-order chi connectivity index (χ0) is 15.2. The van der Waals surface area contributed by atoms with E-state index in [0.29, 0.717) is 17.6 Å². The van der Waals surface area contributed by atoms with Crippen molar-refractivity contribution < 1.29 is 12.9 Å². The fraction of sp³-hybridized carbons (Fsp3) is 0.583. The van der Waals surface area contributed by atoms with Gasteiger partial charge in [-0.25, -0.2) is 13.4 Å². The van der Waals surface area contributed by atoms with Crippen LogP contribution in [-0.2, 0) is 15.6 Å². The summed E-state index contributed by atoms with van der Waals surface area (Å²) in [6, 6.07) is 0. The second-order valence-electron chi connectivity index (χ2n) is 5.48. The highest BCUT2D eigenvalue weighted by Gasteiger charge is 2.29. The molecule has 21 heavy (non-hydrogen) atoms. The van der Waals surface area contributed by atoms with Crippen LogP contribution in [0, 0.1) is 0 Å². The summed E-state index contributed by atoms with van der Waals surface area (Å²) in [6.45, 7) is 4.13. The number of hydrogen-bond donors (Lipinski definition) is 0. The second-order valence-corrected chi connectivity index (χ2v) is 7.99. The van der Waals surface area contributed by atoms with Gasteiger partial charge in [-0.3, -0.25) is 0 Å². The van der Waals surface area contributed by atoms with E-state index in [1.54, 1.807) is 4.57 Å². The number of aromatic nitrogens is 4. The van der Waals surface area contributed by atoms with Crippen molar-refractivity contribution in [2.24, 2.45) is 0 Å². The van der Waals surface area contributed by atoms with Crippen molar-refractivity contribution in [3.05, 3.63) is 23.7 Å². The molecule has 0 N–H and O–H groups in total. The lowest BCUT2D eigenvalue weighted by molar-refractivity contribution is 0.364. The number of hydrogen-bond acceptors (Lipinski definition) is 6. The summed E-state index contributed by atoms with van der Waals surface area (Å²) in [7, 11) is 1.50. The van der Waals surface area contributed by atoms with E-state index in [9.17, 15) is 8.42 Å². The predicted octanol–water partition coefficient (Wildman–Crippen LogP) is 2.24. The fourth-order valence-electron chi connectivity index (χ4n) is 2.10. The maximum absolute atomic E-state index is 11.4. The largest absolute Gasteiger partial charge is 0.337 e. The molecular weight excluding hydrogens is 316 g/mol. The molecule has 0 radical (unpaired) electrons. The van der Waals surface area contributed by atoms with E-state index in [1.807, 2.05) is 13.8 Å². The molecule has 0 aromatic carbocycles. The normalized spacial score (nSPS) is 15.8. The Kier molecular flexibility index (Phi) is 3.53. The molecule has 7 nitrogen and oxygen atoms in total. The molecular formula is C12H15ClN4O3S. The standard InChI is InChI=1S/C12H15ClN4O3S/c1-7(2)12-15-10(21(13,18)19)6-17(12)5-9-14-11(16-20-9)8-3-4-8/h6-8H,3-5H2,1-2H3. The molecule has 2 heterocycles. The monoisotopic (exact) mass is 330 g/mol. The Bertz CT molecular complexity index is 761. The predicted molar refractivity (Wildman–Crippen MR) is 74.7 cm³/mol. The summed E-state index contributed by atoms with van der Waals surface area (Å²) in [4.78, 5) is 8.42. The minimum Gasteiger partial charge on any atom is -0.337 e. The van der Waals surface area contributed by atoms with Crippen LogP contribution >= 0.6 is 10.7 Å². The maximum atomic E-state index is 11.4. The molecule has 0 atom stereocenters. The first kappa shape index (κ1) is 14.5. The lowest BCUT2D eigenvalue weighted by atomic mass is 10.2. The van der Waals surface area contributed by atoms with E-state index < -0.39 is 9.05 Å². The van der Waals surface area contributed by atoms with Gasteiger partial charge in [0.2, 0.25) is 5.89 Å². The van der Waals surface area contributed by atoms with Crippen molar-refractivity contribution in [1.29, 1.82) is 0 Å². The van der Waals surface area contributed by atoms with Gasteiger partial charge in [-0.15, -0.1) is 0 Å². The van der Waals surface area contributed by atoms with Crippen LogP contribution in [0.3, 0.4) is 0 Å². The molecule has 0 spiro atoms. The van der Waals surface area contributed by atoms with Crippen LogP contribution in [0.5, 0.6) is 0 Å². The molecule has 1 fully saturated rings. The van der Waals surface area contributed by atoms with E-state index >= 15 is 0 Å². The zero-order valence-electron chi connectivity index (χ0n) is 11.7. The molecule has 0 bridgehead atoms. The van der Waals surface area contributed by atoms with Crippen LogP contribution in [-0.4, -0.2) is 28.1 Å². The van der Waals surface area contributed by atoms with Gasteiger partial charge in [0.25, 0.3) is 9.05 Å². The van der Waals surface area contributed by atoms with Crippen LogP contribution in [0.25, 0.3) is 0 Å². The van der Waals surface area contributed by atoms with Gasteiger partial charge in [-0.2, -0.15) is 4.98 Å². The van der Waals surface area contributed by atoms with Gasteiger partial charge in [0.15, 0.2) is 10.9 Å². The highest BCUT2D eigenvalue weighted by Crippen LogP contribution is 2.38. The highest BCUT2D eigenvalue weighted by molar-refractivity contribution is 8.13. The summed E-state index contributed by atoms with van der Waals surface area (Å²) >= 11 is 0. The Balaban J connectivity index is 1.90. The van der Waals surface area contributed by atoms with Crippen LogP contribution in [0.2, 0.25) is 0 Å². The van der Waals surface area contributed by atoms with Gasteiger partial charge in [-0.05, 0) is 12.8 Å². The number of nitrogens with zero attached hydrogens (tertiary/aromatic N) is 4. The zero-order valence-corrected chi connectivity index (χ0v) is 13.2. The Morgan fingerprint density at radius 2 is 2.14 bits per heavy atom. The van der Waals surface area contributed by atoms with Crippen LogP contribution in [0.4, 0.5) is 0 Å². The van der Waals surface area contributed by atoms with Crippen molar-refractivity contribution >= 4 is 19.7 Å². The molecule has 0 unspecified atom stereocenters. The molecule has 114 valence electrons. The fourth-order valence-corrected chi connectivity index (χ4v) is 2.77. The summed E-state index contributed by atoms with van der Waals surface area (Å²) in [5.74, 6) is 2.23. The summed E-state index contributed by atoms with van der Waals surface area (Å²) in [6.07, 6.45) is 3.59. The summed E-state index contributed by atoms with van der Waals surface area (Å²) in [5.41, 5.74) is 0. The van der Waals surface area contributed by atoms with E-state index in [2.05, 4.69) is 15.1 Å². The Hall–Kier alpha value is -1.41. The minimum atomic E-state index is -3.85. The van der Waals surface area contributed by atoms with Crippen molar-refractivity contribution in [3.8, 4) is 0 Å². The van der Waals surface area contributed by atoms with E-state index in [0.717, 1.165) is 18.7 Å². The topological polar surface area (TPSA) is 90.9 Å². The molecule has 1 saturated carbocycles. The lowest BCUT2D eigenvalue weighted by Gasteiger charge is -2.06.